The minimum atomic E-state index is -0.993. The highest BCUT2D eigenvalue weighted by molar-refractivity contribution is 5.89. The Morgan fingerprint density at radius 1 is 1.21 bits per heavy atom. The molecule has 0 radical (unpaired) electrons. The summed E-state index contributed by atoms with van der Waals surface area (Å²) in [5, 5.41) is 16.3. The molecule has 5 heteroatoms. The Hall–Kier alpha value is -2.53. The highest BCUT2D eigenvalue weighted by Crippen LogP contribution is 2.36. The van der Waals surface area contributed by atoms with Crippen LogP contribution in [0.15, 0.2) is 48.5 Å². The van der Waals surface area contributed by atoms with Crippen LogP contribution in [0.4, 0.5) is 10.5 Å². The van der Waals surface area contributed by atoms with Gasteiger partial charge in [0.1, 0.15) is 11.4 Å². The predicted molar refractivity (Wildman–Crippen MR) is 93.3 cm³/mol. The standard InChI is InChI=1S/C19H22N2O3/c1-2-24-16-9-7-15(8-10-16)21-18(22)20-13-19(23)12-11-14-5-3-4-6-17(14)19/h3-10,23H,2,11-13H2,1H3,(H2,20,21,22). The number of aryl methyl sites for hydroxylation is 1. The average molecular weight is 326 g/mol. The SMILES string of the molecule is CCOc1ccc(NC(=O)NCC2(O)CCc3ccccc32)cc1. The fourth-order valence-electron chi connectivity index (χ4n) is 3.05. The molecule has 1 aliphatic rings. The summed E-state index contributed by atoms with van der Waals surface area (Å²) < 4.78 is 5.37. The van der Waals surface area contributed by atoms with Gasteiger partial charge in [0.2, 0.25) is 0 Å². The molecule has 3 rings (SSSR count). The number of carbonyl (C=O) groups is 1. The van der Waals surface area contributed by atoms with Crippen LogP contribution < -0.4 is 15.4 Å². The number of fused-ring (bicyclic) bond motifs is 1. The van der Waals surface area contributed by atoms with Gasteiger partial charge in [-0.2, -0.15) is 0 Å². The highest BCUT2D eigenvalue weighted by Gasteiger charge is 2.36. The Morgan fingerprint density at radius 3 is 2.71 bits per heavy atom. The van der Waals surface area contributed by atoms with Gasteiger partial charge in [-0.1, -0.05) is 24.3 Å². The fourth-order valence-corrected chi connectivity index (χ4v) is 3.05. The monoisotopic (exact) mass is 326 g/mol. The van der Waals surface area contributed by atoms with Gasteiger partial charge in [0.15, 0.2) is 0 Å². The number of rotatable bonds is 5. The third-order valence-corrected chi connectivity index (χ3v) is 4.29. The minimum absolute atomic E-state index is 0.187. The molecule has 0 aromatic heterocycles. The molecule has 5 nitrogen and oxygen atoms in total. The molecule has 1 unspecified atom stereocenters. The maximum absolute atomic E-state index is 12.1. The van der Waals surface area contributed by atoms with Crippen LogP contribution in [-0.2, 0) is 12.0 Å². The first-order chi connectivity index (χ1) is 11.6. The normalized spacial score (nSPS) is 18.8. The van der Waals surface area contributed by atoms with Gasteiger partial charge in [0.25, 0.3) is 0 Å². The Bertz CT molecular complexity index is 715. The number of benzene rings is 2. The molecule has 1 aliphatic carbocycles. The maximum Gasteiger partial charge on any atom is 0.319 e. The minimum Gasteiger partial charge on any atom is -0.494 e. The molecule has 0 aliphatic heterocycles. The van der Waals surface area contributed by atoms with E-state index in [2.05, 4.69) is 10.6 Å². The second kappa shape index (κ2) is 6.93. The van der Waals surface area contributed by atoms with E-state index in [1.54, 1.807) is 24.3 Å². The number of carbonyl (C=O) groups excluding carboxylic acids is 1. The first kappa shape index (κ1) is 16.3. The van der Waals surface area contributed by atoms with Crippen molar-refractivity contribution in [3.05, 3.63) is 59.7 Å². The molecule has 1 atom stereocenters. The van der Waals surface area contributed by atoms with E-state index in [0.29, 0.717) is 18.7 Å². The van der Waals surface area contributed by atoms with E-state index in [9.17, 15) is 9.90 Å². The molecule has 2 aromatic carbocycles. The van der Waals surface area contributed by atoms with Gasteiger partial charge in [-0.3, -0.25) is 0 Å². The van der Waals surface area contributed by atoms with Crippen molar-refractivity contribution in [3.8, 4) is 5.75 Å². The van der Waals surface area contributed by atoms with E-state index in [4.69, 9.17) is 4.74 Å². The average Bonchev–Trinajstić information content (AvgIpc) is 2.93. The van der Waals surface area contributed by atoms with Gasteiger partial charge in [-0.25, -0.2) is 4.79 Å². The van der Waals surface area contributed by atoms with Gasteiger partial charge >= 0.3 is 6.03 Å². The van der Waals surface area contributed by atoms with E-state index in [1.165, 1.54) is 0 Å². The number of urea groups is 1. The predicted octanol–water partition coefficient (Wildman–Crippen LogP) is 3.04. The summed E-state index contributed by atoms with van der Waals surface area (Å²) in [6.07, 6.45) is 1.45. The number of nitrogens with one attached hydrogen (secondary N) is 2. The first-order valence-corrected chi connectivity index (χ1v) is 8.19. The van der Waals surface area contributed by atoms with E-state index < -0.39 is 5.60 Å². The van der Waals surface area contributed by atoms with Gasteiger partial charge in [0, 0.05) is 5.69 Å². The van der Waals surface area contributed by atoms with Crippen molar-refractivity contribution in [2.24, 2.45) is 0 Å². The number of amides is 2. The van der Waals surface area contributed by atoms with Crippen LogP contribution in [0.1, 0.15) is 24.5 Å². The maximum atomic E-state index is 12.1. The second-order valence-electron chi connectivity index (χ2n) is 5.95. The molecule has 0 bridgehead atoms. The molecule has 2 aromatic rings. The molecule has 24 heavy (non-hydrogen) atoms. The lowest BCUT2D eigenvalue weighted by Crippen LogP contribution is -2.41. The van der Waals surface area contributed by atoms with Crippen molar-refractivity contribution >= 4 is 11.7 Å². The Labute approximate surface area is 141 Å². The largest absolute Gasteiger partial charge is 0.494 e. The second-order valence-corrected chi connectivity index (χ2v) is 5.95. The topological polar surface area (TPSA) is 70.6 Å². The molecule has 0 fully saturated rings. The summed E-state index contributed by atoms with van der Waals surface area (Å²) in [6, 6.07) is 14.7. The molecular formula is C19H22N2O3. The summed E-state index contributed by atoms with van der Waals surface area (Å²) in [5.41, 5.74) is 1.74. The van der Waals surface area contributed by atoms with Crippen LogP contribution in [0, 0.1) is 0 Å². The van der Waals surface area contributed by atoms with E-state index in [-0.39, 0.29) is 12.6 Å². The molecule has 2 amide bonds. The quantitative estimate of drug-likeness (QED) is 0.791. The van der Waals surface area contributed by atoms with Crippen LogP contribution in [-0.4, -0.2) is 24.3 Å². The number of aliphatic hydroxyl groups is 1. The van der Waals surface area contributed by atoms with E-state index in [0.717, 1.165) is 23.3 Å². The molecular weight excluding hydrogens is 304 g/mol. The summed E-state index contributed by atoms with van der Waals surface area (Å²) in [4.78, 5) is 12.1. The number of hydrogen-bond acceptors (Lipinski definition) is 3. The third kappa shape index (κ3) is 3.51. The van der Waals surface area contributed by atoms with Crippen LogP contribution in [0.2, 0.25) is 0 Å². The zero-order chi connectivity index (χ0) is 17.0. The Kier molecular flexibility index (Phi) is 4.71. The highest BCUT2D eigenvalue weighted by atomic mass is 16.5. The first-order valence-electron chi connectivity index (χ1n) is 8.19. The molecule has 0 saturated heterocycles. The number of anilines is 1. The van der Waals surface area contributed by atoms with Crippen molar-refractivity contribution in [2.75, 3.05) is 18.5 Å². The van der Waals surface area contributed by atoms with Crippen LogP contribution in [0.5, 0.6) is 5.75 Å². The van der Waals surface area contributed by atoms with Crippen molar-refractivity contribution in [1.29, 1.82) is 0 Å². The van der Waals surface area contributed by atoms with Crippen molar-refractivity contribution in [1.82, 2.24) is 5.32 Å². The zero-order valence-electron chi connectivity index (χ0n) is 13.7. The molecule has 3 N–H and O–H groups in total. The lowest BCUT2D eigenvalue weighted by molar-refractivity contribution is 0.0417. The summed E-state index contributed by atoms with van der Waals surface area (Å²) in [7, 11) is 0. The molecule has 0 saturated carbocycles. The smallest absolute Gasteiger partial charge is 0.319 e. The van der Waals surface area contributed by atoms with Gasteiger partial charge in [-0.05, 0) is 55.2 Å². The van der Waals surface area contributed by atoms with E-state index in [1.807, 2.05) is 31.2 Å². The lowest BCUT2D eigenvalue weighted by Gasteiger charge is -2.24. The number of ether oxygens (including phenoxy) is 1. The molecule has 126 valence electrons. The van der Waals surface area contributed by atoms with Crippen LogP contribution in [0.25, 0.3) is 0 Å². The van der Waals surface area contributed by atoms with Crippen LogP contribution >= 0.6 is 0 Å². The molecule has 0 heterocycles. The van der Waals surface area contributed by atoms with Crippen LogP contribution in [0.3, 0.4) is 0 Å². The Morgan fingerprint density at radius 2 is 1.96 bits per heavy atom. The molecule has 0 spiro atoms. The third-order valence-electron chi connectivity index (χ3n) is 4.29. The number of hydrogen-bond donors (Lipinski definition) is 3. The van der Waals surface area contributed by atoms with Crippen molar-refractivity contribution in [3.63, 3.8) is 0 Å². The fraction of sp³-hybridized carbons (Fsp3) is 0.316. The Balaban J connectivity index is 1.56. The summed E-state index contributed by atoms with van der Waals surface area (Å²) in [6.45, 7) is 2.71. The van der Waals surface area contributed by atoms with Gasteiger partial charge in [-0.15, -0.1) is 0 Å². The zero-order valence-corrected chi connectivity index (χ0v) is 13.7. The van der Waals surface area contributed by atoms with Crippen molar-refractivity contribution in [2.45, 2.75) is 25.4 Å². The van der Waals surface area contributed by atoms with E-state index >= 15 is 0 Å². The van der Waals surface area contributed by atoms with Crippen molar-refractivity contribution < 1.29 is 14.6 Å². The van der Waals surface area contributed by atoms with Gasteiger partial charge < -0.3 is 20.5 Å². The summed E-state index contributed by atoms with van der Waals surface area (Å²) in [5.74, 6) is 0.764. The summed E-state index contributed by atoms with van der Waals surface area (Å²) >= 11 is 0. The lowest BCUT2D eigenvalue weighted by atomic mass is 9.96. The van der Waals surface area contributed by atoms with Gasteiger partial charge in [0.05, 0.1) is 13.2 Å².